The van der Waals surface area contributed by atoms with Crippen LogP contribution in [0.1, 0.15) is 42.6 Å². The van der Waals surface area contributed by atoms with Gasteiger partial charge in [-0.3, -0.25) is 4.79 Å². The predicted molar refractivity (Wildman–Crippen MR) is 164 cm³/mol. The quantitative estimate of drug-likeness (QED) is 0.115. The highest BCUT2D eigenvalue weighted by Gasteiger charge is 2.30. The van der Waals surface area contributed by atoms with Crippen molar-refractivity contribution in [1.29, 1.82) is 0 Å². The molecular formula is C31H36O9S2. The van der Waals surface area contributed by atoms with Gasteiger partial charge < -0.3 is 23.7 Å². The van der Waals surface area contributed by atoms with Crippen molar-refractivity contribution < 1.29 is 42.9 Å². The predicted octanol–water partition coefficient (Wildman–Crippen LogP) is 5.94. The lowest BCUT2D eigenvalue weighted by atomic mass is 10.2. The molecule has 3 rings (SSSR count). The molecule has 0 spiro atoms. The highest BCUT2D eigenvalue weighted by atomic mass is 32.2. The Morgan fingerprint density at radius 1 is 0.857 bits per heavy atom. The largest absolute Gasteiger partial charge is 0.494 e. The summed E-state index contributed by atoms with van der Waals surface area (Å²) >= 11 is 2.75. The molecule has 1 saturated heterocycles. The fourth-order valence-electron chi connectivity index (χ4n) is 3.32. The van der Waals surface area contributed by atoms with Crippen molar-refractivity contribution in [2.45, 2.75) is 44.3 Å². The maximum Gasteiger partial charge on any atom is 0.343 e. The van der Waals surface area contributed by atoms with E-state index in [1.807, 2.05) is 13.8 Å². The lowest BCUT2D eigenvalue weighted by molar-refractivity contribution is -0.139. The molecule has 0 bridgehead atoms. The molecule has 0 saturated carbocycles. The van der Waals surface area contributed by atoms with Crippen molar-refractivity contribution in [1.82, 2.24) is 0 Å². The van der Waals surface area contributed by atoms with Crippen LogP contribution >= 0.6 is 23.5 Å². The fourth-order valence-corrected chi connectivity index (χ4v) is 5.89. The number of esters is 4. The van der Waals surface area contributed by atoms with Crippen LogP contribution in [0, 0.1) is 6.92 Å². The zero-order chi connectivity index (χ0) is 30.9. The van der Waals surface area contributed by atoms with E-state index < -0.39 is 29.1 Å². The number of carbonyl (C=O) groups excluding carboxylic acids is 4. The number of hydrogen-bond acceptors (Lipinski definition) is 11. The summed E-state index contributed by atoms with van der Waals surface area (Å²) in [7, 11) is 0. The second kappa shape index (κ2) is 18.7. The smallest absolute Gasteiger partial charge is 0.343 e. The van der Waals surface area contributed by atoms with E-state index in [0.29, 0.717) is 65.9 Å². The van der Waals surface area contributed by atoms with Crippen molar-refractivity contribution in [2.75, 3.05) is 24.7 Å². The maximum absolute atomic E-state index is 12.6. The van der Waals surface area contributed by atoms with E-state index in [-0.39, 0.29) is 5.44 Å². The lowest BCUT2D eigenvalue weighted by Crippen LogP contribution is -2.33. The number of unbranched alkanes of at least 4 members (excludes halogenated alkanes) is 1. The summed E-state index contributed by atoms with van der Waals surface area (Å²) in [5.41, 5.74) is 0.652. The Bertz CT molecular complexity index is 1220. The zero-order valence-electron chi connectivity index (χ0n) is 24.0. The van der Waals surface area contributed by atoms with Crippen LogP contribution < -0.4 is 14.2 Å². The average Bonchev–Trinajstić information content (AvgIpc) is 3.01. The van der Waals surface area contributed by atoms with Crippen LogP contribution in [0.15, 0.2) is 67.8 Å². The number of benzene rings is 2. The van der Waals surface area contributed by atoms with Crippen LogP contribution in [0.3, 0.4) is 0 Å². The summed E-state index contributed by atoms with van der Waals surface area (Å²) in [5.74, 6) is 0.339. The first-order chi connectivity index (χ1) is 20.3. The van der Waals surface area contributed by atoms with Crippen molar-refractivity contribution in [3.8, 4) is 17.2 Å². The standard InChI is InChI=1S/C29H30O9S2.C2H6/c1-4-25(30)35-15-7-6-14-34-21-10-8-20(9-11-21)28(32)36-22-12-13-23(19(3)16-22)37-29(33)24-17-40-27(18-39-24)38-26(31)5-2;1-2/h4-5,8-13,16,24,27H,1-2,6-7,14-15,17-18H2,3H3;1-2H3. The number of hydrogen-bond donors (Lipinski definition) is 0. The lowest BCUT2D eigenvalue weighted by Gasteiger charge is -2.26. The molecular weight excluding hydrogens is 580 g/mol. The van der Waals surface area contributed by atoms with Gasteiger partial charge in [-0.05, 0) is 67.8 Å². The summed E-state index contributed by atoms with van der Waals surface area (Å²) in [4.78, 5) is 47.6. The third-order valence-corrected chi connectivity index (χ3v) is 8.26. The molecule has 0 amide bonds. The van der Waals surface area contributed by atoms with Crippen molar-refractivity contribution in [3.05, 3.63) is 78.9 Å². The highest BCUT2D eigenvalue weighted by molar-refractivity contribution is 8.07. The number of thioether (sulfide) groups is 2. The Kier molecular flexibility index (Phi) is 15.3. The van der Waals surface area contributed by atoms with E-state index in [0.717, 1.165) is 12.2 Å². The zero-order valence-corrected chi connectivity index (χ0v) is 25.6. The molecule has 226 valence electrons. The first-order valence-electron chi connectivity index (χ1n) is 13.4. The fraction of sp³-hybridized carbons (Fsp3) is 0.355. The Hall–Kier alpha value is -3.70. The van der Waals surface area contributed by atoms with Crippen LogP contribution in [0.25, 0.3) is 0 Å². The van der Waals surface area contributed by atoms with E-state index in [1.165, 1.54) is 23.5 Å². The van der Waals surface area contributed by atoms with E-state index in [1.54, 1.807) is 49.4 Å². The van der Waals surface area contributed by atoms with E-state index >= 15 is 0 Å². The molecule has 9 nitrogen and oxygen atoms in total. The minimum Gasteiger partial charge on any atom is -0.494 e. The minimum atomic E-state index is -0.540. The monoisotopic (exact) mass is 616 g/mol. The van der Waals surface area contributed by atoms with Crippen molar-refractivity contribution >= 4 is 47.4 Å². The van der Waals surface area contributed by atoms with Gasteiger partial charge in [0.05, 0.1) is 18.8 Å². The molecule has 1 aliphatic heterocycles. The molecule has 2 unspecified atom stereocenters. The topological polar surface area (TPSA) is 114 Å². The third-order valence-electron chi connectivity index (χ3n) is 5.42. The number of rotatable bonds is 13. The van der Waals surface area contributed by atoms with Crippen molar-refractivity contribution in [3.63, 3.8) is 0 Å². The number of aryl methyl sites for hydroxylation is 1. The van der Waals surface area contributed by atoms with Crippen LogP contribution in [-0.4, -0.2) is 59.3 Å². The molecule has 2 aromatic carbocycles. The number of carbonyl (C=O) groups is 4. The van der Waals surface area contributed by atoms with Crippen molar-refractivity contribution in [2.24, 2.45) is 0 Å². The summed E-state index contributed by atoms with van der Waals surface area (Å²) in [6, 6.07) is 11.3. The summed E-state index contributed by atoms with van der Waals surface area (Å²) in [6.07, 6.45) is 3.60. The molecule has 42 heavy (non-hydrogen) atoms. The van der Waals surface area contributed by atoms with Gasteiger partial charge in [0, 0.05) is 23.7 Å². The third kappa shape index (κ3) is 11.7. The molecule has 1 heterocycles. The van der Waals surface area contributed by atoms with E-state index in [4.69, 9.17) is 23.7 Å². The van der Waals surface area contributed by atoms with Gasteiger partial charge >= 0.3 is 23.9 Å². The highest BCUT2D eigenvalue weighted by Crippen LogP contribution is 2.32. The number of ether oxygens (including phenoxy) is 5. The Morgan fingerprint density at radius 2 is 1.52 bits per heavy atom. The maximum atomic E-state index is 12.6. The second-order valence-electron chi connectivity index (χ2n) is 8.42. The molecule has 1 fully saturated rings. The molecule has 1 aliphatic rings. The molecule has 11 heteroatoms. The molecule has 0 aromatic heterocycles. The van der Waals surface area contributed by atoms with Crippen LogP contribution in [0.5, 0.6) is 17.2 Å². The average molecular weight is 617 g/mol. The minimum absolute atomic E-state index is 0.303. The normalized spacial score (nSPS) is 15.6. The first kappa shape index (κ1) is 34.5. The molecule has 0 radical (unpaired) electrons. The summed E-state index contributed by atoms with van der Waals surface area (Å²) < 4.78 is 26.8. The first-order valence-corrected chi connectivity index (χ1v) is 15.5. The van der Waals surface area contributed by atoms with Gasteiger partial charge in [-0.1, -0.05) is 27.0 Å². The van der Waals surface area contributed by atoms with Gasteiger partial charge in [0.1, 0.15) is 22.5 Å². The van der Waals surface area contributed by atoms with Crippen LogP contribution in [0.4, 0.5) is 0 Å². The summed E-state index contributed by atoms with van der Waals surface area (Å²) in [5, 5.41) is -0.394. The van der Waals surface area contributed by atoms with E-state index in [9.17, 15) is 19.2 Å². The van der Waals surface area contributed by atoms with Gasteiger partial charge in [0.15, 0.2) is 5.44 Å². The Morgan fingerprint density at radius 3 is 2.14 bits per heavy atom. The van der Waals surface area contributed by atoms with Gasteiger partial charge in [0.2, 0.25) is 0 Å². The molecule has 2 atom stereocenters. The summed E-state index contributed by atoms with van der Waals surface area (Å²) in [6.45, 7) is 13.2. The van der Waals surface area contributed by atoms with Crippen LogP contribution in [-0.2, 0) is 23.9 Å². The van der Waals surface area contributed by atoms with Gasteiger partial charge in [0.25, 0.3) is 0 Å². The van der Waals surface area contributed by atoms with Gasteiger partial charge in [-0.15, -0.1) is 23.5 Å². The SMILES string of the molecule is C=CC(=O)OCCCCOc1ccc(C(=O)Oc2ccc(OC(=O)C3CSC(OC(=O)C=C)CS3)c(C)c2)cc1.CC. The molecule has 0 N–H and O–H groups in total. The Balaban J connectivity index is 0.00000301. The second-order valence-corrected chi connectivity index (χ2v) is 10.8. The van der Waals surface area contributed by atoms with Gasteiger partial charge in [-0.25, -0.2) is 14.4 Å². The molecule has 2 aromatic rings. The molecule has 0 aliphatic carbocycles. The van der Waals surface area contributed by atoms with Gasteiger partial charge in [-0.2, -0.15) is 0 Å². The van der Waals surface area contributed by atoms with Crippen LogP contribution in [0.2, 0.25) is 0 Å². The van der Waals surface area contributed by atoms with E-state index in [2.05, 4.69) is 13.2 Å². The Labute approximate surface area is 255 Å².